The molecule has 1 aliphatic rings. The van der Waals surface area contributed by atoms with Crippen LogP contribution < -0.4 is 4.90 Å². The number of nitriles is 1. The third-order valence-electron chi connectivity index (χ3n) is 3.71. The van der Waals surface area contributed by atoms with Crippen LogP contribution in [0.3, 0.4) is 0 Å². The molecule has 3 rings (SSSR count). The summed E-state index contributed by atoms with van der Waals surface area (Å²) >= 11 is 6.18. The van der Waals surface area contributed by atoms with Crippen LogP contribution in [-0.2, 0) is 0 Å². The average molecular weight is 302 g/mol. The number of rotatable bonds is 2. The molecular weight excluding hydrogens is 286 g/mol. The van der Waals surface area contributed by atoms with Crippen LogP contribution in [0.15, 0.2) is 28.7 Å². The summed E-state index contributed by atoms with van der Waals surface area (Å²) in [6.45, 7) is 1.82. The largest absolute Gasteiger partial charge is 0.419 e. The highest BCUT2D eigenvalue weighted by molar-refractivity contribution is 6.33. The van der Waals surface area contributed by atoms with Crippen molar-refractivity contribution in [3.05, 3.63) is 35.0 Å². The van der Waals surface area contributed by atoms with E-state index < -0.39 is 0 Å². The molecule has 1 aromatic heterocycles. The van der Waals surface area contributed by atoms with E-state index in [-0.39, 0.29) is 0 Å². The number of nitrogens with zero attached hydrogens (tertiary/aromatic N) is 3. The Kier molecular flexibility index (Phi) is 4.12. The maximum absolute atomic E-state index is 9.32. The zero-order chi connectivity index (χ0) is 14.7. The van der Waals surface area contributed by atoms with Gasteiger partial charge in [-0.05, 0) is 25.0 Å². The predicted molar refractivity (Wildman–Crippen MR) is 82.3 cm³/mol. The van der Waals surface area contributed by atoms with Crippen LogP contribution in [0.2, 0.25) is 5.02 Å². The summed E-state index contributed by atoms with van der Waals surface area (Å²) in [7, 11) is 0. The van der Waals surface area contributed by atoms with Gasteiger partial charge in [0.1, 0.15) is 6.07 Å². The van der Waals surface area contributed by atoms with Gasteiger partial charge in [-0.15, -0.1) is 0 Å². The number of oxazole rings is 1. The zero-order valence-corrected chi connectivity index (χ0v) is 12.4. The van der Waals surface area contributed by atoms with E-state index >= 15 is 0 Å². The first kappa shape index (κ1) is 14.0. The fourth-order valence-electron chi connectivity index (χ4n) is 2.62. The number of halogens is 1. The first-order valence-corrected chi connectivity index (χ1v) is 7.58. The van der Waals surface area contributed by atoms with Crippen LogP contribution in [-0.4, -0.2) is 18.1 Å². The molecule has 1 saturated heterocycles. The monoisotopic (exact) mass is 301 g/mol. The van der Waals surface area contributed by atoms with Gasteiger partial charge in [0.25, 0.3) is 0 Å². The van der Waals surface area contributed by atoms with Crippen LogP contribution in [0.1, 0.15) is 31.4 Å². The van der Waals surface area contributed by atoms with Crippen molar-refractivity contribution in [2.45, 2.75) is 25.7 Å². The fourth-order valence-corrected chi connectivity index (χ4v) is 2.84. The molecule has 2 aromatic rings. The van der Waals surface area contributed by atoms with Gasteiger partial charge in [-0.1, -0.05) is 36.6 Å². The molecule has 5 heteroatoms. The van der Waals surface area contributed by atoms with Crippen LogP contribution in [0.4, 0.5) is 5.88 Å². The molecule has 1 fully saturated rings. The lowest BCUT2D eigenvalue weighted by Crippen LogP contribution is -2.24. The second-order valence-corrected chi connectivity index (χ2v) is 5.57. The van der Waals surface area contributed by atoms with Gasteiger partial charge in [0.2, 0.25) is 17.5 Å². The van der Waals surface area contributed by atoms with Crippen molar-refractivity contribution in [2.75, 3.05) is 18.0 Å². The molecule has 0 radical (unpaired) electrons. The zero-order valence-electron chi connectivity index (χ0n) is 11.7. The van der Waals surface area contributed by atoms with E-state index in [1.165, 1.54) is 12.8 Å². The second kappa shape index (κ2) is 6.19. The summed E-state index contributed by atoms with van der Waals surface area (Å²) in [6, 6.07) is 9.51. The van der Waals surface area contributed by atoms with Crippen molar-refractivity contribution in [3.8, 4) is 17.5 Å². The minimum absolute atomic E-state index is 0.340. The molecule has 21 heavy (non-hydrogen) atoms. The highest BCUT2D eigenvalue weighted by Gasteiger charge is 2.22. The molecule has 1 aromatic carbocycles. The standard InChI is InChI=1S/C16H16ClN3O/c17-13-8-4-3-7-12(13)15-19-14(11-18)16(21-15)20-9-5-1-2-6-10-20/h3-4,7-8H,1-2,5-6,9-10H2. The molecule has 0 unspecified atom stereocenters. The molecule has 0 spiro atoms. The van der Waals surface area contributed by atoms with Crippen molar-refractivity contribution in [3.63, 3.8) is 0 Å². The number of anilines is 1. The normalized spacial score (nSPS) is 15.5. The summed E-state index contributed by atoms with van der Waals surface area (Å²) in [5, 5.41) is 9.89. The molecule has 0 N–H and O–H groups in total. The quantitative estimate of drug-likeness (QED) is 0.832. The highest BCUT2D eigenvalue weighted by Crippen LogP contribution is 2.32. The Morgan fingerprint density at radius 3 is 2.52 bits per heavy atom. The summed E-state index contributed by atoms with van der Waals surface area (Å²) in [6.07, 6.45) is 4.69. The van der Waals surface area contributed by atoms with Gasteiger partial charge in [-0.25, -0.2) is 0 Å². The van der Waals surface area contributed by atoms with Crippen molar-refractivity contribution in [1.82, 2.24) is 4.98 Å². The average Bonchev–Trinajstić information content (AvgIpc) is 2.74. The maximum Gasteiger partial charge on any atom is 0.235 e. The van der Waals surface area contributed by atoms with E-state index in [1.807, 2.05) is 18.2 Å². The van der Waals surface area contributed by atoms with Crippen molar-refractivity contribution in [1.29, 1.82) is 5.26 Å². The third kappa shape index (κ3) is 2.88. The minimum atomic E-state index is 0.340. The fraction of sp³-hybridized carbons (Fsp3) is 0.375. The van der Waals surface area contributed by atoms with E-state index in [4.69, 9.17) is 16.0 Å². The third-order valence-corrected chi connectivity index (χ3v) is 4.04. The summed E-state index contributed by atoms with van der Waals surface area (Å²) in [4.78, 5) is 6.44. The van der Waals surface area contributed by atoms with Gasteiger partial charge >= 0.3 is 0 Å². The molecule has 0 amide bonds. The Bertz CT molecular complexity index is 666. The van der Waals surface area contributed by atoms with Gasteiger partial charge in [0.05, 0.1) is 10.6 Å². The van der Waals surface area contributed by atoms with E-state index in [0.29, 0.717) is 22.5 Å². The topological polar surface area (TPSA) is 53.1 Å². The van der Waals surface area contributed by atoms with E-state index in [0.717, 1.165) is 31.5 Å². The number of hydrogen-bond acceptors (Lipinski definition) is 4. The van der Waals surface area contributed by atoms with E-state index in [2.05, 4.69) is 16.0 Å². The van der Waals surface area contributed by atoms with Crippen LogP contribution >= 0.6 is 11.6 Å². The predicted octanol–water partition coefficient (Wildman–Crippen LogP) is 4.25. The van der Waals surface area contributed by atoms with Crippen LogP contribution in [0, 0.1) is 11.3 Å². The Morgan fingerprint density at radius 2 is 1.86 bits per heavy atom. The summed E-state index contributed by atoms with van der Waals surface area (Å²) in [5.41, 5.74) is 1.06. The molecule has 1 aliphatic heterocycles. The second-order valence-electron chi connectivity index (χ2n) is 5.17. The molecule has 0 atom stereocenters. The van der Waals surface area contributed by atoms with Gasteiger partial charge in [0, 0.05) is 13.1 Å². The summed E-state index contributed by atoms with van der Waals surface area (Å²) < 4.78 is 5.88. The Balaban J connectivity index is 1.99. The number of aromatic nitrogens is 1. The van der Waals surface area contributed by atoms with Crippen LogP contribution in [0.25, 0.3) is 11.5 Å². The molecule has 0 aliphatic carbocycles. The maximum atomic E-state index is 9.32. The lowest BCUT2D eigenvalue weighted by molar-refractivity contribution is 0.550. The molecule has 0 bridgehead atoms. The van der Waals surface area contributed by atoms with Gasteiger partial charge in [-0.2, -0.15) is 10.2 Å². The SMILES string of the molecule is N#Cc1nc(-c2ccccc2Cl)oc1N1CCCCCC1. The highest BCUT2D eigenvalue weighted by atomic mass is 35.5. The molecule has 2 heterocycles. The molecule has 4 nitrogen and oxygen atoms in total. The molecule has 0 saturated carbocycles. The first-order valence-electron chi connectivity index (χ1n) is 7.20. The molecule has 108 valence electrons. The van der Waals surface area contributed by atoms with Gasteiger partial charge in [-0.3, -0.25) is 0 Å². The Hall–Kier alpha value is -1.99. The Labute approximate surface area is 129 Å². The number of hydrogen-bond donors (Lipinski definition) is 0. The van der Waals surface area contributed by atoms with Crippen molar-refractivity contribution >= 4 is 17.5 Å². The lowest BCUT2D eigenvalue weighted by Gasteiger charge is -2.18. The first-order chi connectivity index (χ1) is 10.3. The molecular formula is C16H16ClN3O. The summed E-state index contributed by atoms with van der Waals surface area (Å²) in [5.74, 6) is 0.991. The van der Waals surface area contributed by atoms with Gasteiger partial charge in [0.15, 0.2) is 0 Å². The smallest absolute Gasteiger partial charge is 0.235 e. The van der Waals surface area contributed by atoms with E-state index in [9.17, 15) is 5.26 Å². The van der Waals surface area contributed by atoms with E-state index in [1.54, 1.807) is 6.07 Å². The number of benzene rings is 1. The minimum Gasteiger partial charge on any atom is -0.419 e. The van der Waals surface area contributed by atoms with Crippen LogP contribution in [0.5, 0.6) is 0 Å². The van der Waals surface area contributed by atoms with Gasteiger partial charge < -0.3 is 9.32 Å². The van der Waals surface area contributed by atoms with Crippen molar-refractivity contribution < 1.29 is 4.42 Å². The van der Waals surface area contributed by atoms with Crippen molar-refractivity contribution in [2.24, 2.45) is 0 Å². The lowest BCUT2D eigenvalue weighted by atomic mass is 10.2. The Morgan fingerprint density at radius 1 is 1.14 bits per heavy atom.